The molecule has 0 atom stereocenters. The molecular weight excluding hydrogens is 184 g/mol. The largest absolute Gasteiger partial charge is 0.472 e. The number of esters is 1. The summed E-state index contributed by atoms with van der Waals surface area (Å²) in [5, 5.41) is 6.49. The van der Waals surface area contributed by atoms with E-state index in [9.17, 15) is 4.79 Å². The van der Waals surface area contributed by atoms with Gasteiger partial charge in [-0.3, -0.25) is 5.10 Å². The third-order valence-corrected chi connectivity index (χ3v) is 1.85. The molecule has 0 aliphatic heterocycles. The summed E-state index contributed by atoms with van der Waals surface area (Å²) >= 11 is 0. The molecule has 1 N–H and O–H groups in total. The maximum atomic E-state index is 11.3. The third-order valence-electron chi connectivity index (χ3n) is 1.85. The quantitative estimate of drug-likeness (QED) is 0.731. The lowest BCUT2D eigenvalue weighted by molar-refractivity contribution is 0.0601. The number of ether oxygens (including phenoxy) is 1. The lowest BCUT2D eigenvalue weighted by atomic mass is 10.1. The molecule has 2 heterocycles. The first kappa shape index (κ1) is 8.55. The van der Waals surface area contributed by atoms with Crippen LogP contribution in [0.25, 0.3) is 11.3 Å². The Balaban J connectivity index is 2.45. The van der Waals surface area contributed by atoms with Gasteiger partial charge in [0.15, 0.2) is 0 Å². The van der Waals surface area contributed by atoms with Crippen molar-refractivity contribution in [1.82, 2.24) is 10.2 Å². The van der Waals surface area contributed by atoms with Gasteiger partial charge in [0.1, 0.15) is 5.56 Å². The molecule has 0 bridgehead atoms. The zero-order valence-corrected chi connectivity index (χ0v) is 7.48. The number of furan rings is 1. The Morgan fingerprint density at radius 2 is 2.50 bits per heavy atom. The zero-order valence-electron chi connectivity index (χ0n) is 7.48. The molecular formula is C9H8N2O3. The molecule has 2 rings (SSSR count). The smallest absolute Gasteiger partial charge is 0.341 e. The summed E-state index contributed by atoms with van der Waals surface area (Å²) in [5.74, 6) is -0.421. The van der Waals surface area contributed by atoms with E-state index in [1.165, 1.54) is 25.8 Å². The van der Waals surface area contributed by atoms with Crippen LogP contribution in [0.4, 0.5) is 0 Å². The molecule has 5 nitrogen and oxygen atoms in total. The van der Waals surface area contributed by atoms with E-state index < -0.39 is 5.97 Å². The Hall–Kier alpha value is -2.04. The number of hydrogen-bond donors (Lipinski definition) is 1. The minimum Gasteiger partial charge on any atom is -0.472 e. The van der Waals surface area contributed by atoms with Crippen LogP contribution in [0.15, 0.2) is 29.2 Å². The molecule has 2 aromatic heterocycles. The van der Waals surface area contributed by atoms with Gasteiger partial charge in [-0.05, 0) is 6.07 Å². The van der Waals surface area contributed by atoms with E-state index in [4.69, 9.17) is 4.42 Å². The topological polar surface area (TPSA) is 68.1 Å². The summed E-state index contributed by atoms with van der Waals surface area (Å²) < 4.78 is 9.51. The number of methoxy groups -OCH3 is 1. The van der Waals surface area contributed by atoms with E-state index in [0.717, 1.165) is 5.56 Å². The summed E-state index contributed by atoms with van der Waals surface area (Å²) in [4.78, 5) is 11.3. The van der Waals surface area contributed by atoms with E-state index in [-0.39, 0.29) is 0 Å². The van der Waals surface area contributed by atoms with Gasteiger partial charge >= 0.3 is 5.97 Å². The van der Waals surface area contributed by atoms with Crippen LogP contribution in [0.1, 0.15) is 10.4 Å². The zero-order chi connectivity index (χ0) is 9.97. The van der Waals surface area contributed by atoms with Crippen LogP contribution in [0.5, 0.6) is 0 Å². The molecule has 0 radical (unpaired) electrons. The molecule has 14 heavy (non-hydrogen) atoms. The van der Waals surface area contributed by atoms with Crippen LogP contribution in [0, 0.1) is 0 Å². The summed E-state index contributed by atoms with van der Waals surface area (Å²) in [6.07, 6.45) is 4.48. The van der Waals surface area contributed by atoms with Crippen molar-refractivity contribution >= 4 is 5.97 Å². The van der Waals surface area contributed by atoms with E-state index in [0.29, 0.717) is 11.3 Å². The highest BCUT2D eigenvalue weighted by molar-refractivity contribution is 5.95. The fraction of sp³-hybridized carbons (Fsp3) is 0.111. The van der Waals surface area contributed by atoms with Crippen molar-refractivity contribution in [1.29, 1.82) is 0 Å². The molecule has 0 aliphatic carbocycles. The fourth-order valence-electron chi connectivity index (χ4n) is 1.18. The number of carbonyl (C=O) groups is 1. The lowest BCUT2D eigenvalue weighted by Crippen LogP contribution is -2.01. The minimum absolute atomic E-state index is 0.397. The van der Waals surface area contributed by atoms with Crippen LogP contribution in [-0.2, 0) is 4.74 Å². The van der Waals surface area contributed by atoms with Crippen LogP contribution in [-0.4, -0.2) is 23.3 Å². The van der Waals surface area contributed by atoms with Gasteiger partial charge in [-0.1, -0.05) is 0 Å². The first-order valence-electron chi connectivity index (χ1n) is 3.97. The van der Waals surface area contributed by atoms with Crippen molar-refractivity contribution in [3.63, 3.8) is 0 Å². The van der Waals surface area contributed by atoms with Gasteiger partial charge in [0.05, 0.1) is 31.5 Å². The maximum absolute atomic E-state index is 11.3. The highest BCUT2D eigenvalue weighted by Gasteiger charge is 2.15. The average Bonchev–Trinajstić information content (AvgIpc) is 2.85. The Kier molecular flexibility index (Phi) is 2.06. The predicted octanol–water partition coefficient (Wildman–Crippen LogP) is 1.46. The molecule has 0 aromatic carbocycles. The van der Waals surface area contributed by atoms with Crippen LogP contribution in [0.2, 0.25) is 0 Å². The van der Waals surface area contributed by atoms with Crippen LogP contribution in [0.3, 0.4) is 0 Å². The van der Waals surface area contributed by atoms with Crippen molar-refractivity contribution in [2.75, 3.05) is 7.11 Å². The molecule has 0 fully saturated rings. The third kappa shape index (κ3) is 1.28. The fourth-order valence-corrected chi connectivity index (χ4v) is 1.18. The number of H-pyrrole nitrogens is 1. The molecule has 72 valence electrons. The van der Waals surface area contributed by atoms with Crippen molar-refractivity contribution in [2.45, 2.75) is 0 Å². The molecule has 0 spiro atoms. The second kappa shape index (κ2) is 3.37. The first-order valence-corrected chi connectivity index (χ1v) is 3.97. The van der Waals surface area contributed by atoms with Crippen molar-refractivity contribution in [3.05, 3.63) is 30.4 Å². The molecule has 0 saturated heterocycles. The number of aromatic amines is 1. The normalized spacial score (nSPS) is 10.1. The monoisotopic (exact) mass is 192 g/mol. The minimum atomic E-state index is -0.421. The number of hydrogen-bond acceptors (Lipinski definition) is 4. The second-order valence-electron chi connectivity index (χ2n) is 2.66. The van der Waals surface area contributed by atoms with Crippen molar-refractivity contribution in [2.24, 2.45) is 0 Å². The number of carbonyl (C=O) groups excluding carboxylic acids is 1. The van der Waals surface area contributed by atoms with Crippen LogP contribution >= 0.6 is 0 Å². The number of rotatable bonds is 2. The van der Waals surface area contributed by atoms with E-state index >= 15 is 0 Å². The van der Waals surface area contributed by atoms with Crippen molar-refractivity contribution < 1.29 is 13.9 Å². The SMILES string of the molecule is COC(=O)c1cn[nH]c1-c1ccoc1. The van der Waals surface area contributed by atoms with Gasteiger partial charge in [-0.15, -0.1) is 0 Å². The van der Waals surface area contributed by atoms with Gasteiger partial charge in [-0.2, -0.15) is 5.10 Å². The number of aromatic nitrogens is 2. The molecule has 0 unspecified atom stereocenters. The van der Waals surface area contributed by atoms with Gasteiger partial charge in [-0.25, -0.2) is 4.79 Å². The molecule has 2 aromatic rings. The standard InChI is InChI=1S/C9H8N2O3/c1-13-9(12)7-4-10-11-8(7)6-2-3-14-5-6/h2-5H,1H3,(H,10,11). The highest BCUT2D eigenvalue weighted by atomic mass is 16.5. The molecule has 0 aliphatic rings. The van der Waals surface area contributed by atoms with Gasteiger partial charge < -0.3 is 9.15 Å². The Morgan fingerprint density at radius 1 is 1.64 bits per heavy atom. The molecule has 0 amide bonds. The average molecular weight is 192 g/mol. The van der Waals surface area contributed by atoms with Crippen molar-refractivity contribution in [3.8, 4) is 11.3 Å². The van der Waals surface area contributed by atoms with E-state index in [2.05, 4.69) is 14.9 Å². The summed E-state index contributed by atoms with van der Waals surface area (Å²) in [6, 6.07) is 1.74. The predicted molar refractivity (Wildman–Crippen MR) is 47.6 cm³/mol. The van der Waals surface area contributed by atoms with E-state index in [1.807, 2.05) is 0 Å². The Morgan fingerprint density at radius 3 is 3.14 bits per heavy atom. The first-order chi connectivity index (χ1) is 6.83. The maximum Gasteiger partial charge on any atom is 0.341 e. The summed E-state index contributed by atoms with van der Waals surface area (Å²) in [5.41, 5.74) is 1.77. The van der Waals surface area contributed by atoms with Crippen LogP contribution < -0.4 is 0 Å². The van der Waals surface area contributed by atoms with Gasteiger partial charge in [0, 0.05) is 5.56 Å². The Bertz CT molecular complexity index is 431. The highest BCUT2D eigenvalue weighted by Crippen LogP contribution is 2.21. The van der Waals surface area contributed by atoms with Gasteiger partial charge in [0.2, 0.25) is 0 Å². The van der Waals surface area contributed by atoms with Gasteiger partial charge in [0.25, 0.3) is 0 Å². The molecule has 0 saturated carbocycles. The lowest BCUT2D eigenvalue weighted by Gasteiger charge is -1.97. The molecule has 5 heteroatoms. The Labute approximate surface area is 79.7 Å². The second-order valence-corrected chi connectivity index (χ2v) is 2.66. The summed E-state index contributed by atoms with van der Waals surface area (Å²) in [6.45, 7) is 0. The number of nitrogens with zero attached hydrogens (tertiary/aromatic N) is 1. The summed E-state index contributed by atoms with van der Waals surface area (Å²) in [7, 11) is 1.33. The van der Waals surface area contributed by atoms with E-state index in [1.54, 1.807) is 6.07 Å². The number of nitrogens with one attached hydrogen (secondary N) is 1.